The van der Waals surface area contributed by atoms with Crippen molar-refractivity contribution < 1.29 is 14.4 Å². The highest BCUT2D eigenvalue weighted by molar-refractivity contribution is 5.99. The van der Waals surface area contributed by atoms with Gasteiger partial charge in [0.25, 0.3) is 5.56 Å². The van der Waals surface area contributed by atoms with Crippen LogP contribution < -0.4 is 21.5 Å². The minimum Gasteiger partial charge on any atom is -0.324 e. The molecule has 2 aromatic carbocycles. The molecule has 9 nitrogen and oxygen atoms in total. The number of hydrogen-bond acceptors (Lipinski definition) is 4. The van der Waals surface area contributed by atoms with Gasteiger partial charge < -0.3 is 25.4 Å². The first-order valence-corrected chi connectivity index (χ1v) is 11.9. The molecule has 2 bridgehead atoms. The van der Waals surface area contributed by atoms with Crippen LogP contribution in [0.1, 0.15) is 35.3 Å². The van der Waals surface area contributed by atoms with Crippen LogP contribution in [0.25, 0.3) is 0 Å². The van der Waals surface area contributed by atoms with Crippen molar-refractivity contribution >= 4 is 34.9 Å². The topological polar surface area (TPSA) is 113 Å². The third-order valence-electron chi connectivity index (χ3n) is 6.71. The minimum atomic E-state index is -0.478. The number of likely N-dealkylation sites (tertiary alicyclic amines) is 1. The Morgan fingerprint density at radius 1 is 0.806 bits per heavy atom. The zero-order chi connectivity index (χ0) is 25.2. The molecule has 2 aliphatic heterocycles. The van der Waals surface area contributed by atoms with E-state index >= 15 is 0 Å². The monoisotopic (exact) mass is 485 g/mol. The van der Waals surface area contributed by atoms with Gasteiger partial charge in [0.1, 0.15) is 5.69 Å². The fourth-order valence-electron chi connectivity index (χ4n) is 5.00. The van der Waals surface area contributed by atoms with Gasteiger partial charge in [-0.3, -0.25) is 9.59 Å². The number of piperidine rings is 1. The van der Waals surface area contributed by atoms with Crippen LogP contribution >= 0.6 is 0 Å². The Hall–Kier alpha value is -4.40. The van der Waals surface area contributed by atoms with Gasteiger partial charge in [-0.15, -0.1) is 0 Å². The second-order valence-electron chi connectivity index (χ2n) is 9.30. The summed E-state index contributed by atoms with van der Waals surface area (Å²) in [5.41, 5.74) is 2.70. The molecule has 0 aliphatic carbocycles. The van der Waals surface area contributed by atoms with Gasteiger partial charge in [0.15, 0.2) is 5.78 Å². The summed E-state index contributed by atoms with van der Waals surface area (Å²) >= 11 is 0. The van der Waals surface area contributed by atoms with Gasteiger partial charge in [-0.1, -0.05) is 18.2 Å². The predicted molar refractivity (Wildman–Crippen MR) is 138 cm³/mol. The third kappa shape index (κ3) is 4.86. The van der Waals surface area contributed by atoms with E-state index in [0.717, 1.165) is 12.1 Å². The average Bonchev–Trinajstić information content (AvgIpc) is 2.87. The number of hydrogen-bond donors (Lipinski definition) is 3. The van der Waals surface area contributed by atoms with Gasteiger partial charge >= 0.3 is 12.1 Å². The van der Waals surface area contributed by atoms with E-state index in [1.807, 2.05) is 24.3 Å². The summed E-state index contributed by atoms with van der Waals surface area (Å²) in [6.07, 6.45) is 0.901. The number of Topliss-reactive ketones (excluding diaryl/α,β-unsaturated/α-hetero) is 1. The first-order chi connectivity index (χ1) is 17.4. The Morgan fingerprint density at radius 2 is 1.53 bits per heavy atom. The fourth-order valence-corrected chi connectivity index (χ4v) is 5.00. The normalized spacial score (nSPS) is 18.1. The molecule has 3 aromatic rings. The Bertz CT molecular complexity index is 1370. The fraction of sp³-hybridized carbons (Fsp3) is 0.259. The molecular weight excluding hydrogens is 458 g/mol. The maximum Gasteiger partial charge on any atom is 0.323 e. The molecule has 1 aromatic heterocycles. The van der Waals surface area contributed by atoms with Crippen LogP contribution in [0.5, 0.6) is 0 Å². The molecule has 184 valence electrons. The molecule has 9 heteroatoms. The highest BCUT2D eigenvalue weighted by Gasteiger charge is 2.36. The highest BCUT2D eigenvalue weighted by atomic mass is 16.2. The number of rotatable bonds is 4. The number of carbonyl (C=O) groups is 3. The van der Waals surface area contributed by atoms with Crippen molar-refractivity contribution in [1.29, 1.82) is 0 Å². The molecule has 36 heavy (non-hydrogen) atoms. The van der Waals surface area contributed by atoms with Crippen molar-refractivity contribution in [3.63, 3.8) is 0 Å². The molecule has 0 radical (unpaired) electrons. The SMILES string of the molecule is CC(=O)c1ccc(NC(=O)N2C[C@H]3C[C@H](C2)c2ccc(NC(=O)Nc4ccccc4)c(=O)n2C3)cc1. The first kappa shape index (κ1) is 23.3. The van der Waals surface area contributed by atoms with E-state index in [1.54, 1.807) is 51.9 Å². The summed E-state index contributed by atoms with van der Waals surface area (Å²) in [6, 6.07) is 18.7. The molecule has 4 amide bonds. The van der Waals surface area contributed by atoms with Crippen molar-refractivity contribution in [2.45, 2.75) is 25.8 Å². The van der Waals surface area contributed by atoms with E-state index in [9.17, 15) is 19.2 Å². The second-order valence-corrected chi connectivity index (χ2v) is 9.30. The van der Waals surface area contributed by atoms with Crippen LogP contribution in [0.3, 0.4) is 0 Å². The molecule has 3 N–H and O–H groups in total. The number of ketones is 1. The summed E-state index contributed by atoms with van der Waals surface area (Å²) in [4.78, 5) is 51.7. The number of nitrogens with zero attached hydrogens (tertiary/aromatic N) is 2. The van der Waals surface area contributed by atoms with Crippen molar-refractivity contribution in [1.82, 2.24) is 9.47 Å². The van der Waals surface area contributed by atoms with E-state index in [4.69, 9.17) is 0 Å². The number of anilines is 3. The molecule has 1 saturated heterocycles. The lowest BCUT2D eigenvalue weighted by atomic mass is 9.83. The quantitative estimate of drug-likeness (QED) is 0.477. The molecular formula is C27H27N5O4. The number of urea groups is 2. The predicted octanol–water partition coefficient (Wildman–Crippen LogP) is 4.35. The Kier molecular flexibility index (Phi) is 6.28. The standard InChI is InChI=1S/C27H27N5O4/c1-17(33)19-7-9-22(10-8-19)29-27(36)31-14-18-13-20(16-31)24-12-11-23(25(34)32(24)15-18)30-26(35)28-21-5-3-2-4-6-21/h2-12,18,20H,13-16H2,1H3,(H,29,36)(H2,28,30,35)/t18-,20-/m1/s1. The van der Waals surface area contributed by atoms with Crippen LogP contribution in [-0.4, -0.2) is 40.4 Å². The Morgan fingerprint density at radius 3 is 2.25 bits per heavy atom. The van der Waals surface area contributed by atoms with Gasteiger partial charge in [0.2, 0.25) is 0 Å². The summed E-state index contributed by atoms with van der Waals surface area (Å²) in [5, 5.41) is 8.28. The zero-order valence-electron chi connectivity index (χ0n) is 19.9. The molecule has 2 aliphatic rings. The van der Waals surface area contributed by atoms with Gasteiger partial charge in [0, 0.05) is 48.2 Å². The van der Waals surface area contributed by atoms with E-state index in [-0.39, 0.29) is 34.9 Å². The summed E-state index contributed by atoms with van der Waals surface area (Å²) < 4.78 is 1.73. The number of amides is 4. The van der Waals surface area contributed by atoms with Gasteiger partial charge in [0.05, 0.1) is 0 Å². The number of benzene rings is 2. The van der Waals surface area contributed by atoms with Gasteiger partial charge in [-0.25, -0.2) is 9.59 Å². The molecule has 1 fully saturated rings. The number of aromatic nitrogens is 1. The first-order valence-electron chi connectivity index (χ1n) is 11.9. The molecule has 0 unspecified atom stereocenters. The van der Waals surface area contributed by atoms with Crippen LogP contribution in [0.2, 0.25) is 0 Å². The summed E-state index contributed by atoms with van der Waals surface area (Å²) in [7, 11) is 0. The van der Waals surface area contributed by atoms with E-state index in [1.165, 1.54) is 6.92 Å². The van der Waals surface area contributed by atoms with Crippen molar-refractivity contribution in [2.75, 3.05) is 29.0 Å². The number of pyridine rings is 1. The van der Waals surface area contributed by atoms with E-state index in [2.05, 4.69) is 16.0 Å². The van der Waals surface area contributed by atoms with E-state index < -0.39 is 6.03 Å². The van der Waals surface area contributed by atoms with Crippen molar-refractivity contribution in [2.24, 2.45) is 5.92 Å². The maximum absolute atomic E-state index is 13.2. The average molecular weight is 486 g/mol. The van der Waals surface area contributed by atoms with Crippen LogP contribution in [-0.2, 0) is 6.54 Å². The number of nitrogens with one attached hydrogen (secondary N) is 3. The third-order valence-corrected chi connectivity index (χ3v) is 6.71. The molecule has 0 saturated carbocycles. The van der Waals surface area contributed by atoms with Crippen LogP contribution in [0, 0.1) is 5.92 Å². The number of carbonyl (C=O) groups excluding carboxylic acids is 3. The summed E-state index contributed by atoms with van der Waals surface area (Å²) in [5.74, 6) is 0.136. The molecule has 3 heterocycles. The maximum atomic E-state index is 13.2. The largest absolute Gasteiger partial charge is 0.324 e. The summed E-state index contributed by atoms with van der Waals surface area (Å²) in [6.45, 7) is 3.01. The van der Waals surface area contributed by atoms with Crippen molar-refractivity contribution in [3.8, 4) is 0 Å². The zero-order valence-corrected chi connectivity index (χ0v) is 19.9. The van der Waals surface area contributed by atoms with Gasteiger partial charge in [-0.2, -0.15) is 0 Å². The van der Waals surface area contributed by atoms with Crippen LogP contribution in [0.15, 0.2) is 71.5 Å². The number of para-hydroxylation sites is 1. The lowest BCUT2D eigenvalue weighted by Crippen LogP contribution is -2.50. The second kappa shape index (κ2) is 9.69. The Labute approximate surface area is 208 Å². The minimum absolute atomic E-state index is 0.0270. The smallest absolute Gasteiger partial charge is 0.323 e. The number of fused-ring (bicyclic) bond motifs is 4. The lowest BCUT2D eigenvalue weighted by molar-refractivity contribution is 0.101. The highest BCUT2D eigenvalue weighted by Crippen LogP contribution is 2.35. The molecule has 0 spiro atoms. The Balaban J connectivity index is 1.27. The van der Waals surface area contributed by atoms with E-state index in [0.29, 0.717) is 36.6 Å². The van der Waals surface area contributed by atoms with Gasteiger partial charge in [-0.05, 0) is 67.8 Å². The van der Waals surface area contributed by atoms with Crippen LogP contribution in [0.4, 0.5) is 26.7 Å². The molecule has 2 atom stereocenters. The lowest BCUT2D eigenvalue weighted by Gasteiger charge is -2.42. The van der Waals surface area contributed by atoms with Crippen molar-refractivity contribution in [3.05, 3.63) is 88.3 Å². The molecule has 5 rings (SSSR count).